The number of nitrogens with one attached hydrogen (secondary N) is 3. The van der Waals surface area contributed by atoms with Crippen LogP contribution in [0.2, 0.25) is 0 Å². The maximum Gasteiger partial charge on any atom is 0.254 e. The van der Waals surface area contributed by atoms with Gasteiger partial charge < -0.3 is 20.4 Å². The second kappa shape index (κ2) is 13.0. The highest BCUT2D eigenvalue weighted by atomic mass is 32.2. The van der Waals surface area contributed by atoms with Crippen molar-refractivity contribution in [1.29, 1.82) is 5.26 Å². The molecule has 0 bridgehead atoms. The summed E-state index contributed by atoms with van der Waals surface area (Å²) >= 11 is 1.16. The highest BCUT2D eigenvalue weighted by molar-refractivity contribution is 8.03. The monoisotopic (exact) mass is 544 g/mol. The summed E-state index contributed by atoms with van der Waals surface area (Å²) < 4.78 is 19.8. The van der Waals surface area contributed by atoms with Gasteiger partial charge in [0.25, 0.3) is 5.91 Å². The molecule has 2 heterocycles. The number of allylic oxidation sites excluding steroid dienone is 2. The number of unbranched alkanes of at least 4 members (excludes halogenated alkanes) is 1. The van der Waals surface area contributed by atoms with Crippen LogP contribution in [-0.4, -0.2) is 17.6 Å². The second-order valence-corrected chi connectivity index (χ2v) is 10.0. The predicted octanol–water partition coefficient (Wildman–Crippen LogP) is 6.47. The fourth-order valence-electron chi connectivity index (χ4n) is 4.29. The van der Waals surface area contributed by atoms with Gasteiger partial charge in [-0.3, -0.25) is 9.59 Å². The Bertz CT molecular complexity index is 1440. The Labute approximate surface area is 231 Å². The number of nitrogens with zero attached hydrogens (tertiary/aromatic N) is 1. The molecule has 39 heavy (non-hydrogen) atoms. The molecule has 3 aromatic rings. The third-order valence-electron chi connectivity index (χ3n) is 6.25. The summed E-state index contributed by atoms with van der Waals surface area (Å²) in [4.78, 5) is 26.0. The lowest BCUT2D eigenvalue weighted by Gasteiger charge is -2.28. The number of halogens is 1. The van der Waals surface area contributed by atoms with E-state index in [-0.39, 0.29) is 28.5 Å². The fraction of sp³-hybridized carbons (Fsp3) is 0.233. The van der Waals surface area contributed by atoms with Crippen molar-refractivity contribution in [3.63, 3.8) is 0 Å². The largest absolute Gasteiger partial charge is 0.468 e. The zero-order valence-electron chi connectivity index (χ0n) is 21.7. The summed E-state index contributed by atoms with van der Waals surface area (Å²) in [6.07, 6.45) is 4.70. The van der Waals surface area contributed by atoms with E-state index in [1.165, 1.54) is 30.0 Å². The Morgan fingerprint density at radius 1 is 1.10 bits per heavy atom. The molecule has 2 aromatic carbocycles. The molecule has 1 unspecified atom stereocenters. The van der Waals surface area contributed by atoms with Crippen LogP contribution in [-0.2, 0) is 16.0 Å². The lowest BCUT2D eigenvalue weighted by Crippen LogP contribution is -2.31. The molecule has 0 fully saturated rings. The lowest BCUT2D eigenvalue weighted by molar-refractivity contribution is -0.114. The lowest BCUT2D eigenvalue weighted by atomic mass is 9.85. The summed E-state index contributed by atoms with van der Waals surface area (Å²) in [5, 5.41) is 19.2. The molecule has 0 saturated heterocycles. The van der Waals surface area contributed by atoms with Crippen LogP contribution in [0.4, 0.5) is 15.8 Å². The van der Waals surface area contributed by atoms with Crippen LogP contribution >= 0.6 is 11.8 Å². The minimum atomic E-state index is -0.834. The molecule has 9 heteroatoms. The van der Waals surface area contributed by atoms with Crippen LogP contribution in [0.15, 0.2) is 93.2 Å². The van der Waals surface area contributed by atoms with Gasteiger partial charge in [-0.05, 0) is 61.7 Å². The molecule has 3 N–H and O–H groups in total. The van der Waals surface area contributed by atoms with Gasteiger partial charge in [0.15, 0.2) is 0 Å². The van der Waals surface area contributed by atoms with Gasteiger partial charge in [-0.1, -0.05) is 49.4 Å². The third-order valence-corrected chi connectivity index (χ3v) is 7.26. The van der Waals surface area contributed by atoms with Gasteiger partial charge in [-0.25, -0.2) is 4.39 Å². The zero-order chi connectivity index (χ0) is 27.8. The number of benzene rings is 2. The van der Waals surface area contributed by atoms with Crippen LogP contribution in [0, 0.1) is 17.1 Å². The molecule has 1 atom stereocenters. The van der Waals surface area contributed by atoms with E-state index in [1.807, 2.05) is 24.3 Å². The first kappa shape index (κ1) is 27.7. The molecular weight excluding hydrogens is 515 g/mol. The van der Waals surface area contributed by atoms with Gasteiger partial charge in [0, 0.05) is 11.4 Å². The minimum absolute atomic E-state index is 0.0266. The number of hydrogen-bond donors (Lipinski definition) is 3. The topological polar surface area (TPSA) is 107 Å². The highest BCUT2D eigenvalue weighted by Crippen LogP contribution is 2.41. The standard InChI is InChI=1S/C30H29FN4O3S/c1-3-4-8-20-12-14-21(15-13-20)34-26(36)18-39-30-22(17-32)28(25-11-7-16-38-25)27(19(2)33-30)29(37)35-24-10-6-5-9-23(24)31/h5-7,9-16,28,33H,3-4,8,18H2,1-2H3,(H,34,36)(H,35,37). The van der Waals surface area contributed by atoms with Gasteiger partial charge in [-0.2, -0.15) is 5.26 Å². The predicted molar refractivity (Wildman–Crippen MR) is 151 cm³/mol. The van der Waals surface area contributed by atoms with E-state index in [1.54, 1.807) is 25.1 Å². The van der Waals surface area contributed by atoms with Crippen LogP contribution in [0.3, 0.4) is 0 Å². The number of carbonyl (C=O) groups is 2. The Morgan fingerprint density at radius 3 is 2.54 bits per heavy atom. The fourth-order valence-corrected chi connectivity index (χ4v) is 5.18. The first-order chi connectivity index (χ1) is 18.9. The van der Waals surface area contributed by atoms with E-state index in [9.17, 15) is 19.2 Å². The third kappa shape index (κ3) is 6.78. The Balaban J connectivity index is 1.51. The molecule has 0 spiro atoms. The molecule has 0 saturated carbocycles. The first-order valence-electron chi connectivity index (χ1n) is 12.6. The van der Waals surface area contributed by atoms with Crippen molar-refractivity contribution < 1.29 is 18.4 Å². The molecule has 1 aliphatic heterocycles. The summed E-state index contributed by atoms with van der Waals surface area (Å²) in [5.41, 5.74) is 2.87. The molecule has 1 aromatic heterocycles. The number of aryl methyl sites for hydroxylation is 1. The van der Waals surface area contributed by atoms with Crippen molar-refractivity contribution >= 4 is 35.0 Å². The van der Waals surface area contributed by atoms with E-state index in [4.69, 9.17) is 4.42 Å². The van der Waals surface area contributed by atoms with Crippen molar-refractivity contribution in [2.24, 2.45) is 0 Å². The normalized spacial score (nSPS) is 15.0. The molecule has 0 aliphatic carbocycles. The van der Waals surface area contributed by atoms with Gasteiger partial charge in [0.1, 0.15) is 11.6 Å². The Hall–Kier alpha value is -4.29. The smallest absolute Gasteiger partial charge is 0.254 e. The summed E-state index contributed by atoms with van der Waals surface area (Å²) in [6.45, 7) is 3.84. The summed E-state index contributed by atoms with van der Waals surface area (Å²) in [7, 11) is 0. The maximum absolute atomic E-state index is 14.2. The van der Waals surface area contributed by atoms with Crippen LogP contribution in [0.1, 0.15) is 43.9 Å². The van der Waals surface area contributed by atoms with Gasteiger partial charge in [0.2, 0.25) is 5.91 Å². The SMILES string of the molecule is CCCCc1ccc(NC(=O)CSC2=C(C#N)C(c3ccco3)C(C(=O)Nc3ccccc3F)=C(C)N2)cc1. The van der Waals surface area contributed by atoms with Crippen molar-refractivity contribution in [1.82, 2.24) is 5.32 Å². The Kier molecular flexibility index (Phi) is 9.23. The van der Waals surface area contributed by atoms with Crippen LogP contribution < -0.4 is 16.0 Å². The number of thioether (sulfide) groups is 1. The molecule has 200 valence electrons. The van der Waals surface area contributed by atoms with E-state index < -0.39 is 17.6 Å². The average Bonchev–Trinajstić information content (AvgIpc) is 3.47. The number of hydrogen-bond acceptors (Lipinski definition) is 6. The van der Waals surface area contributed by atoms with Crippen molar-refractivity contribution in [3.05, 3.63) is 106 Å². The highest BCUT2D eigenvalue weighted by Gasteiger charge is 2.36. The average molecular weight is 545 g/mol. The summed E-state index contributed by atoms with van der Waals surface area (Å²) in [5.74, 6) is -1.78. The van der Waals surface area contributed by atoms with E-state index in [0.717, 1.165) is 31.0 Å². The zero-order valence-corrected chi connectivity index (χ0v) is 22.5. The van der Waals surface area contributed by atoms with Crippen LogP contribution in [0.25, 0.3) is 0 Å². The first-order valence-corrected chi connectivity index (χ1v) is 13.6. The number of para-hydroxylation sites is 1. The number of rotatable bonds is 10. The minimum Gasteiger partial charge on any atom is -0.468 e. The van der Waals surface area contributed by atoms with Crippen molar-refractivity contribution in [2.45, 2.75) is 39.0 Å². The van der Waals surface area contributed by atoms with E-state index in [2.05, 4.69) is 28.9 Å². The van der Waals surface area contributed by atoms with E-state index >= 15 is 0 Å². The second-order valence-electron chi connectivity index (χ2n) is 9.04. The number of furan rings is 1. The van der Waals surface area contributed by atoms with Crippen LogP contribution in [0.5, 0.6) is 0 Å². The van der Waals surface area contributed by atoms with E-state index in [0.29, 0.717) is 22.2 Å². The van der Waals surface area contributed by atoms with Crippen molar-refractivity contribution in [3.8, 4) is 6.07 Å². The molecular formula is C30H29FN4O3S. The quantitative estimate of drug-likeness (QED) is 0.270. The molecule has 7 nitrogen and oxygen atoms in total. The number of carbonyl (C=O) groups excluding carboxylic acids is 2. The van der Waals surface area contributed by atoms with Gasteiger partial charge in [0.05, 0.1) is 45.9 Å². The molecule has 0 radical (unpaired) electrons. The number of amides is 2. The summed E-state index contributed by atoms with van der Waals surface area (Å²) in [6, 6.07) is 19.2. The number of nitriles is 1. The van der Waals surface area contributed by atoms with Gasteiger partial charge >= 0.3 is 0 Å². The van der Waals surface area contributed by atoms with Gasteiger partial charge in [-0.15, -0.1) is 0 Å². The number of anilines is 2. The molecule has 1 aliphatic rings. The Morgan fingerprint density at radius 2 is 1.87 bits per heavy atom. The van der Waals surface area contributed by atoms with Crippen molar-refractivity contribution in [2.75, 3.05) is 16.4 Å². The molecule has 4 rings (SSSR count). The maximum atomic E-state index is 14.2. The number of dihydropyridines is 1. The molecule has 2 amide bonds.